The number of carbonyl (C=O) groups excluding carboxylic acids is 1. The summed E-state index contributed by atoms with van der Waals surface area (Å²) in [6.07, 6.45) is 0. The molecule has 0 fully saturated rings. The summed E-state index contributed by atoms with van der Waals surface area (Å²) in [7, 11) is 0. The molecule has 2 heteroatoms. The van der Waals surface area contributed by atoms with E-state index in [1.807, 2.05) is 45.0 Å². The molecule has 2 nitrogen and oxygen atoms in total. The molecule has 1 N–H and O–H groups in total. The smallest absolute Gasteiger partial charge is 0.232 e. The highest BCUT2D eigenvalue weighted by molar-refractivity contribution is 5.96. The van der Waals surface area contributed by atoms with Crippen LogP contribution in [0.3, 0.4) is 0 Å². The molecule has 3 rings (SSSR count). The normalized spacial score (nSPS) is 13.8. The lowest BCUT2D eigenvalue weighted by molar-refractivity contribution is -0.123. The van der Waals surface area contributed by atoms with Gasteiger partial charge in [-0.25, -0.2) is 0 Å². The van der Waals surface area contributed by atoms with Gasteiger partial charge in [0.1, 0.15) is 0 Å². The Morgan fingerprint density at radius 2 is 1.35 bits per heavy atom. The molecule has 102 valence electrons. The molecule has 0 unspecified atom stereocenters. The van der Waals surface area contributed by atoms with Gasteiger partial charge < -0.3 is 5.32 Å². The number of hydrogen-bond acceptors (Lipinski definition) is 1. The molecule has 0 heterocycles. The van der Waals surface area contributed by atoms with Crippen molar-refractivity contribution in [2.75, 3.05) is 0 Å². The minimum atomic E-state index is -0.219. The lowest BCUT2D eigenvalue weighted by atomic mass is 9.94. The third kappa shape index (κ3) is 2.11. The van der Waals surface area contributed by atoms with Gasteiger partial charge in [-0.05, 0) is 43.0 Å². The van der Waals surface area contributed by atoms with Crippen molar-refractivity contribution in [3.8, 4) is 11.1 Å². The fourth-order valence-electron chi connectivity index (χ4n) is 2.88. The molecule has 1 amide bonds. The van der Waals surface area contributed by atoms with Gasteiger partial charge in [0, 0.05) is 5.54 Å². The van der Waals surface area contributed by atoms with Gasteiger partial charge in [-0.3, -0.25) is 4.79 Å². The van der Waals surface area contributed by atoms with Crippen molar-refractivity contribution < 1.29 is 4.79 Å². The highest BCUT2D eigenvalue weighted by Gasteiger charge is 2.34. The second-order valence-electron chi connectivity index (χ2n) is 6.35. The maximum absolute atomic E-state index is 12.7. The molecule has 0 aliphatic heterocycles. The van der Waals surface area contributed by atoms with E-state index in [9.17, 15) is 4.79 Å². The van der Waals surface area contributed by atoms with Crippen LogP contribution in [-0.2, 0) is 4.79 Å². The summed E-state index contributed by atoms with van der Waals surface area (Å²) >= 11 is 0. The first-order chi connectivity index (χ1) is 9.47. The van der Waals surface area contributed by atoms with Crippen LogP contribution < -0.4 is 5.32 Å². The SMILES string of the molecule is CC(C)(C)NC(=O)C1c2ccccc2-c2ccccc21. The highest BCUT2D eigenvalue weighted by atomic mass is 16.2. The van der Waals surface area contributed by atoms with Crippen LogP contribution in [0.25, 0.3) is 11.1 Å². The van der Waals surface area contributed by atoms with E-state index in [-0.39, 0.29) is 17.4 Å². The highest BCUT2D eigenvalue weighted by Crippen LogP contribution is 2.44. The van der Waals surface area contributed by atoms with Gasteiger partial charge >= 0.3 is 0 Å². The predicted molar refractivity (Wildman–Crippen MR) is 81.6 cm³/mol. The minimum Gasteiger partial charge on any atom is -0.351 e. The van der Waals surface area contributed by atoms with Crippen LogP contribution in [0.4, 0.5) is 0 Å². The first-order valence-corrected chi connectivity index (χ1v) is 6.97. The zero-order chi connectivity index (χ0) is 14.3. The molecule has 0 radical (unpaired) electrons. The van der Waals surface area contributed by atoms with Crippen LogP contribution in [0.15, 0.2) is 48.5 Å². The summed E-state index contributed by atoms with van der Waals surface area (Å²) in [5.74, 6) is -0.114. The summed E-state index contributed by atoms with van der Waals surface area (Å²) in [4.78, 5) is 12.7. The van der Waals surface area contributed by atoms with Gasteiger partial charge in [-0.1, -0.05) is 48.5 Å². The van der Waals surface area contributed by atoms with Crippen molar-refractivity contribution in [1.29, 1.82) is 0 Å². The fourth-order valence-corrected chi connectivity index (χ4v) is 2.88. The molecule has 1 aliphatic rings. The Bertz CT molecular complexity index is 622. The molecule has 20 heavy (non-hydrogen) atoms. The second kappa shape index (κ2) is 4.48. The summed E-state index contributed by atoms with van der Waals surface area (Å²) in [6, 6.07) is 16.4. The zero-order valence-electron chi connectivity index (χ0n) is 12.1. The van der Waals surface area contributed by atoms with E-state index in [0.717, 1.165) is 11.1 Å². The summed E-state index contributed by atoms with van der Waals surface area (Å²) in [5, 5.41) is 3.10. The monoisotopic (exact) mass is 265 g/mol. The van der Waals surface area contributed by atoms with Gasteiger partial charge in [0.25, 0.3) is 0 Å². The Kier molecular flexibility index (Phi) is 2.89. The maximum atomic E-state index is 12.7. The molecule has 1 aliphatic carbocycles. The van der Waals surface area contributed by atoms with Crippen LogP contribution in [0.5, 0.6) is 0 Å². The first kappa shape index (κ1) is 12.9. The van der Waals surface area contributed by atoms with Crippen LogP contribution >= 0.6 is 0 Å². The van der Waals surface area contributed by atoms with Gasteiger partial charge in [-0.15, -0.1) is 0 Å². The number of fused-ring (bicyclic) bond motifs is 3. The maximum Gasteiger partial charge on any atom is 0.232 e. The molecule has 0 spiro atoms. The number of benzene rings is 2. The van der Waals surface area contributed by atoms with E-state index in [0.29, 0.717) is 0 Å². The molecule has 0 saturated carbocycles. The number of nitrogens with one attached hydrogen (secondary N) is 1. The summed E-state index contributed by atoms with van der Waals surface area (Å²) < 4.78 is 0. The van der Waals surface area contributed by atoms with E-state index in [4.69, 9.17) is 0 Å². The Hall–Kier alpha value is -2.09. The molecule has 0 atom stereocenters. The van der Waals surface area contributed by atoms with E-state index in [1.54, 1.807) is 0 Å². The Morgan fingerprint density at radius 1 is 0.900 bits per heavy atom. The lowest BCUT2D eigenvalue weighted by Crippen LogP contribution is -2.43. The van der Waals surface area contributed by atoms with E-state index in [1.165, 1.54) is 11.1 Å². The lowest BCUT2D eigenvalue weighted by Gasteiger charge is -2.24. The molecule has 2 aromatic carbocycles. The summed E-state index contributed by atoms with van der Waals surface area (Å²) in [5.41, 5.74) is 4.35. The van der Waals surface area contributed by atoms with Crippen molar-refractivity contribution >= 4 is 5.91 Å². The van der Waals surface area contributed by atoms with Crippen molar-refractivity contribution in [3.05, 3.63) is 59.7 Å². The van der Waals surface area contributed by atoms with E-state index >= 15 is 0 Å². The van der Waals surface area contributed by atoms with Crippen molar-refractivity contribution in [3.63, 3.8) is 0 Å². The molecular weight excluding hydrogens is 246 g/mol. The predicted octanol–water partition coefficient (Wildman–Crippen LogP) is 3.71. The minimum absolute atomic E-state index is 0.0786. The quantitative estimate of drug-likeness (QED) is 0.836. The molecule has 0 aromatic heterocycles. The van der Waals surface area contributed by atoms with Crippen molar-refractivity contribution in [2.45, 2.75) is 32.2 Å². The third-order valence-electron chi connectivity index (χ3n) is 3.59. The zero-order valence-corrected chi connectivity index (χ0v) is 12.1. The first-order valence-electron chi connectivity index (χ1n) is 6.97. The van der Waals surface area contributed by atoms with Crippen LogP contribution in [0.2, 0.25) is 0 Å². The molecule has 0 saturated heterocycles. The summed E-state index contributed by atoms with van der Waals surface area (Å²) in [6.45, 7) is 6.03. The van der Waals surface area contributed by atoms with Gasteiger partial charge in [0.2, 0.25) is 5.91 Å². The number of hydrogen-bond donors (Lipinski definition) is 1. The average Bonchev–Trinajstić information content (AvgIpc) is 2.71. The second-order valence-corrected chi connectivity index (χ2v) is 6.35. The van der Waals surface area contributed by atoms with Crippen LogP contribution in [-0.4, -0.2) is 11.4 Å². The van der Waals surface area contributed by atoms with Gasteiger partial charge in [0.05, 0.1) is 5.92 Å². The van der Waals surface area contributed by atoms with E-state index < -0.39 is 0 Å². The molecule has 2 aromatic rings. The Labute approximate surface area is 119 Å². The largest absolute Gasteiger partial charge is 0.351 e. The molecular formula is C18H19NO. The number of rotatable bonds is 1. The van der Waals surface area contributed by atoms with Gasteiger partial charge in [0.15, 0.2) is 0 Å². The standard InChI is InChI=1S/C18H19NO/c1-18(2,3)19-17(20)16-14-10-6-4-8-12(14)13-9-5-7-11-15(13)16/h4-11,16H,1-3H3,(H,19,20). The van der Waals surface area contributed by atoms with E-state index in [2.05, 4.69) is 29.6 Å². The van der Waals surface area contributed by atoms with Crippen molar-refractivity contribution in [1.82, 2.24) is 5.32 Å². The third-order valence-corrected chi connectivity index (χ3v) is 3.59. The Morgan fingerprint density at radius 3 is 1.80 bits per heavy atom. The topological polar surface area (TPSA) is 29.1 Å². The molecule has 0 bridgehead atoms. The van der Waals surface area contributed by atoms with Crippen LogP contribution in [0.1, 0.15) is 37.8 Å². The fraction of sp³-hybridized carbons (Fsp3) is 0.278. The number of carbonyl (C=O) groups is 1. The Balaban J connectivity index is 2.10. The average molecular weight is 265 g/mol. The van der Waals surface area contributed by atoms with Crippen molar-refractivity contribution in [2.24, 2.45) is 0 Å². The van der Waals surface area contributed by atoms with Gasteiger partial charge in [-0.2, -0.15) is 0 Å². The van der Waals surface area contributed by atoms with Crippen LogP contribution in [0, 0.1) is 0 Å². The number of amides is 1.